The maximum absolute atomic E-state index is 13.3. The van der Waals surface area contributed by atoms with Gasteiger partial charge in [0.2, 0.25) is 0 Å². The van der Waals surface area contributed by atoms with Crippen LogP contribution in [0.15, 0.2) is 48.5 Å². The number of nitrogens with zero attached hydrogens (tertiary/aromatic N) is 4. The van der Waals surface area contributed by atoms with Crippen molar-refractivity contribution in [1.29, 1.82) is 0 Å². The molecule has 1 fully saturated rings. The fourth-order valence-electron chi connectivity index (χ4n) is 4.30. The molecule has 1 saturated heterocycles. The Kier molecular flexibility index (Phi) is 6.83. The zero-order chi connectivity index (χ0) is 21.8. The van der Waals surface area contributed by atoms with Crippen LogP contribution in [0.5, 0.6) is 0 Å². The van der Waals surface area contributed by atoms with E-state index in [0.717, 1.165) is 68.5 Å². The number of urea groups is 1. The number of anilines is 2. The quantitative estimate of drug-likeness (QED) is 0.698. The lowest BCUT2D eigenvalue weighted by Crippen LogP contribution is -2.53. The van der Waals surface area contributed by atoms with Crippen LogP contribution in [0, 0.1) is 0 Å². The number of hydrogen-bond acceptors (Lipinski definition) is 3. The molecule has 31 heavy (non-hydrogen) atoms. The Balaban J connectivity index is 1.41. The molecule has 0 aliphatic carbocycles. The number of piperazine rings is 1. The first kappa shape index (κ1) is 21.7. The van der Waals surface area contributed by atoms with Gasteiger partial charge < -0.3 is 14.7 Å². The van der Waals surface area contributed by atoms with Gasteiger partial charge in [-0.05, 0) is 74.5 Å². The molecule has 2 aliphatic rings. The molecule has 0 bridgehead atoms. The molecule has 0 radical (unpaired) electrons. The highest BCUT2D eigenvalue weighted by atomic mass is 35.5. The van der Waals surface area contributed by atoms with Crippen molar-refractivity contribution >= 4 is 35.1 Å². The van der Waals surface area contributed by atoms with Crippen molar-refractivity contribution in [2.75, 3.05) is 63.2 Å². The summed E-state index contributed by atoms with van der Waals surface area (Å²) < 4.78 is 0. The summed E-state index contributed by atoms with van der Waals surface area (Å²) in [6.45, 7) is 4.85. The van der Waals surface area contributed by atoms with E-state index in [-0.39, 0.29) is 6.03 Å². The molecular formula is C25H31ClN4O. The summed E-state index contributed by atoms with van der Waals surface area (Å²) in [6, 6.07) is 14.5. The van der Waals surface area contributed by atoms with Gasteiger partial charge in [-0.2, -0.15) is 0 Å². The molecule has 0 aromatic heterocycles. The van der Waals surface area contributed by atoms with Gasteiger partial charge in [-0.15, -0.1) is 0 Å². The van der Waals surface area contributed by atoms with Crippen LogP contribution in [0.3, 0.4) is 0 Å². The van der Waals surface area contributed by atoms with Gasteiger partial charge in [0.05, 0.1) is 0 Å². The van der Waals surface area contributed by atoms with Gasteiger partial charge in [-0.3, -0.25) is 4.90 Å². The summed E-state index contributed by atoms with van der Waals surface area (Å²) in [5.41, 5.74) is 4.70. The average molecular weight is 439 g/mol. The second-order valence-corrected chi connectivity index (χ2v) is 8.98. The lowest BCUT2D eigenvalue weighted by atomic mass is 9.99. The van der Waals surface area contributed by atoms with E-state index in [2.05, 4.69) is 54.2 Å². The van der Waals surface area contributed by atoms with Gasteiger partial charge in [-0.25, -0.2) is 4.79 Å². The number of carbonyl (C=O) groups excluding carboxylic acids is 1. The number of halogens is 1. The van der Waals surface area contributed by atoms with Crippen molar-refractivity contribution in [3.8, 4) is 0 Å². The van der Waals surface area contributed by atoms with Crippen LogP contribution in [0.25, 0.3) is 6.08 Å². The molecular weight excluding hydrogens is 408 g/mol. The first-order chi connectivity index (χ1) is 15.0. The third-order valence-electron chi connectivity index (χ3n) is 5.98. The Morgan fingerprint density at radius 3 is 2.48 bits per heavy atom. The van der Waals surface area contributed by atoms with Crippen LogP contribution in [0.2, 0.25) is 5.02 Å². The highest BCUT2D eigenvalue weighted by Gasteiger charge is 2.29. The predicted molar refractivity (Wildman–Crippen MR) is 130 cm³/mol. The largest absolute Gasteiger partial charge is 0.368 e. The number of amides is 2. The van der Waals surface area contributed by atoms with E-state index < -0.39 is 0 Å². The van der Waals surface area contributed by atoms with Crippen molar-refractivity contribution in [2.45, 2.75) is 12.8 Å². The van der Waals surface area contributed by atoms with Crippen LogP contribution in [0.1, 0.15) is 17.5 Å². The number of rotatable bonds is 4. The Morgan fingerprint density at radius 2 is 1.77 bits per heavy atom. The van der Waals surface area contributed by atoms with Gasteiger partial charge in [0.1, 0.15) is 0 Å². The SMILES string of the molecule is CN(C)CC=Cc1ccc2c(c1)CCCN2C(=O)N1CCN(c2ccc(Cl)cc2)CC1. The molecule has 6 heteroatoms. The van der Waals surface area contributed by atoms with Crippen LogP contribution in [-0.2, 0) is 6.42 Å². The normalized spacial score (nSPS) is 16.8. The van der Waals surface area contributed by atoms with Gasteiger partial charge >= 0.3 is 6.03 Å². The summed E-state index contributed by atoms with van der Waals surface area (Å²) in [5, 5.41) is 0.748. The highest BCUT2D eigenvalue weighted by Crippen LogP contribution is 2.30. The minimum atomic E-state index is 0.132. The van der Waals surface area contributed by atoms with Gasteiger partial charge in [-0.1, -0.05) is 29.8 Å². The summed E-state index contributed by atoms with van der Waals surface area (Å²) in [6.07, 6.45) is 6.37. The van der Waals surface area contributed by atoms with Crippen molar-refractivity contribution in [1.82, 2.24) is 9.80 Å². The van der Waals surface area contributed by atoms with E-state index in [4.69, 9.17) is 11.6 Å². The molecule has 4 rings (SSSR count). The first-order valence-electron chi connectivity index (χ1n) is 11.0. The molecule has 164 valence electrons. The Labute approximate surface area is 190 Å². The molecule has 5 nitrogen and oxygen atoms in total. The molecule has 0 spiro atoms. The molecule has 0 atom stereocenters. The Morgan fingerprint density at radius 1 is 1.03 bits per heavy atom. The number of hydrogen-bond donors (Lipinski definition) is 0. The number of fused-ring (bicyclic) bond motifs is 1. The average Bonchev–Trinajstić information content (AvgIpc) is 2.78. The van der Waals surface area contributed by atoms with E-state index in [1.165, 1.54) is 11.1 Å². The van der Waals surface area contributed by atoms with Crippen LogP contribution >= 0.6 is 11.6 Å². The molecule has 2 aliphatic heterocycles. The summed E-state index contributed by atoms with van der Waals surface area (Å²) >= 11 is 6.01. The van der Waals surface area contributed by atoms with E-state index >= 15 is 0 Å². The van der Waals surface area contributed by atoms with Crippen molar-refractivity contribution in [3.05, 3.63) is 64.7 Å². The third kappa shape index (κ3) is 5.23. The maximum atomic E-state index is 13.3. The topological polar surface area (TPSA) is 30.0 Å². The number of likely N-dealkylation sites (N-methyl/N-ethyl adjacent to an activating group) is 1. The minimum absolute atomic E-state index is 0.132. The van der Waals surface area contributed by atoms with Crippen molar-refractivity contribution in [3.63, 3.8) is 0 Å². The van der Waals surface area contributed by atoms with Crippen molar-refractivity contribution in [2.24, 2.45) is 0 Å². The van der Waals surface area contributed by atoms with Crippen LogP contribution < -0.4 is 9.80 Å². The number of aryl methyl sites for hydroxylation is 1. The highest BCUT2D eigenvalue weighted by molar-refractivity contribution is 6.30. The van der Waals surface area contributed by atoms with Crippen LogP contribution in [0.4, 0.5) is 16.2 Å². The number of carbonyl (C=O) groups is 1. The molecule has 0 saturated carbocycles. The third-order valence-corrected chi connectivity index (χ3v) is 6.23. The summed E-state index contributed by atoms with van der Waals surface area (Å²) in [7, 11) is 4.13. The van der Waals surface area contributed by atoms with E-state index in [1.807, 2.05) is 34.1 Å². The lowest BCUT2D eigenvalue weighted by Gasteiger charge is -2.40. The second-order valence-electron chi connectivity index (χ2n) is 8.54. The van der Waals surface area contributed by atoms with Crippen molar-refractivity contribution < 1.29 is 4.79 Å². The van der Waals surface area contributed by atoms with Gasteiger partial charge in [0, 0.05) is 55.7 Å². The van der Waals surface area contributed by atoms with Gasteiger partial charge in [0.15, 0.2) is 0 Å². The summed E-state index contributed by atoms with van der Waals surface area (Å²) in [4.78, 5) is 21.8. The fraction of sp³-hybridized carbons (Fsp3) is 0.400. The zero-order valence-corrected chi connectivity index (χ0v) is 19.2. The molecule has 0 N–H and O–H groups in total. The smallest absolute Gasteiger partial charge is 0.324 e. The predicted octanol–water partition coefficient (Wildman–Crippen LogP) is 4.61. The molecule has 2 aromatic carbocycles. The minimum Gasteiger partial charge on any atom is -0.368 e. The molecule has 2 amide bonds. The molecule has 2 aromatic rings. The van der Waals surface area contributed by atoms with E-state index in [0.29, 0.717) is 0 Å². The van der Waals surface area contributed by atoms with E-state index in [9.17, 15) is 4.79 Å². The Bertz CT molecular complexity index is 933. The summed E-state index contributed by atoms with van der Waals surface area (Å²) in [5.74, 6) is 0. The molecule has 0 unspecified atom stereocenters. The maximum Gasteiger partial charge on any atom is 0.324 e. The standard InChI is InChI=1S/C25H31ClN4O/c1-27(2)13-3-5-20-7-12-24-21(19-20)6-4-14-30(24)25(31)29-17-15-28(16-18-29)23-10-8-22(26)9-11-23/h3,5,7-12,19H,4,6,13-18H2,1-2H3. The lowest BCUT2D eigenvalue weighted by molar-refractivity contribution is 0.200. The fourth-order valence-corrected chi connectivity index (χ4v) is 4.42. The number of benzene rings is 2. The zero-order valence-electron chi connectivity index (χ0n) is 18.4. The van der Waals surface area contributed by atoms with Gasteiger partial charge in [0.25, 0.3) is 0 Å². The van der Waals surface area contributed by atoms with E-state index in [1.54, 1.807) is 0 Å². The first-order valence-corrected chi connectivity index (χ1v) is 11.4. The molecule has 2 heterocycles. The second kappa shape index (κ2) is 9.75. The Hall–Kier alpha value is -2.50. The van der Waals surface area contributed by atoms with Crippen LogP contribution in [-0.4, -0.2) is 69.2 Å². The monoisotopic (exact) mass is 438 g/mol.